The molecule has 1 amide bonds. The molecule has 1 aromatic rings. The van der Waals surface area contributed by atoms with E-state index in [1.54, 1.807) is 7.11 Å². The number of amides is 1. The zero-order chi connectivity index (χ0) is 15.8. The summed E-state index contributed by atoms with van der Waals surface area (Å²) in [6.07, 6.45) is 1.26. The molecule has 5 nitrogen and oxygen atoms in total. The Bertz CT molecular complexity index is 467. The number of benzene rings is 1. The summed E-state index contributed by atoms with van der Waals surface area (Å²) < 4.78 is 11.0. The molecule has 0 aliphatic rings. The van der Waals surface area contributed by atoms with Crippen LogP contribution in [0, 0.1) is 0 Å². The van der Waals surface area contributed by atoms with Gasteiger partial charge in [0.15, 0.2) is 11.5 Å². The lowest BCUT2D eigenvalue weighted by molar-refractivity contribution is -0.122. The molecule has 0 saturated carbocycles. The summed E-state index contributed by atoms with van der Waals surface area (Å²) in [5.41, 5.74) is 6.59. The highest BCUT2D eigenvalue weighted by Crippen LogP contribution is 2.30. The molecule has 0 saturated heterocycles. The van der Waals surface area contributed by atoms with Crippen molar-refractivity contribution < 1.29 is 14.3 Å². The lowest BCUT2D eigenvalue weighted by atomic mass is 10.1. The molecule has 6 heteroatoms. The van der Waals surface area contributed by atoms with Gasteiger partial charge in [-0.3, -0.25) is 4.79 Å². The Balaban J connectivity index is 0.00000441. The smallest absolute Gasteiger partial charge is 0.222 e. The number of carbonyl (C=O) groups excluding carboxylic acids is 1. The molecular weight excluding hydrogens is 304 g/mol. The summed E-state index contributed by atoms with van der Waals surface area (Å²) >= 11 is 0. The number of nitrogens with one attached hydrogen (secondary N) is 1. The van der Waals surface area contributed by atoms with Crippen molar-refractivity contribution >= 4 is 18.3 Å². The van der Waals surface area contributed by atoms with Crippen molar-refractivity contribution in [2.75, 3.05) is 13.7 Å². The maximum atomic E-state index is 11.8. The first kappa shape index (κ1) is 20.5. The van der Waals surface area contributed by atoms with E-state index in [-0.39, 0.29) is 30.4 Å². The van der Waals surface area contributed by atoms with Crippen LogP contribution in [-0.4, -0.2) is 25.7 Å². The van der Waals surface area contributed by atoms with Gasteiger partial charge in [-0.15, -0.1) is 12.4 Å². The summed E-state index contributed by atoms with van der Waals surface area (Å²) in [6.45, 7) is 6.45. The minimum Gasteiger partial charge on any atom is -0.493 e. The Morgan fingerprint density at radius 3 is 2.55 bits per heavy atom. The minimum atomic E-state index is -0.142. The van der Waals surface area contributed by atoms with Crippen LogP contribution in [0.4, 0.5) is 0 Å². The van der Waals surface area contributed by atoms with E-state index in [0.717, 1.165) is 17.7 Å². The lowest BCUT2D eigenvalue weighted by Crippen LogP contribution is -2.31. The quantitative estimate of drug-likeness (QED) is 0.768. The molecule has 1 aromatic carbocycles. The highest BCUT2D eigenvalue weighted by atomic mass is 35.5. The molecule has 0 aromatic heterocycles. The van der Waals surface area contributed by atoms with Gasteiger partial charge in [-0.05, 0) is 38.0 Å². The fraction of sp³-hybridized carbons (Fsp3) is 0.562. The fourth-order valence-corrected chi connectivity index (χ4v) is 1.96. The van der Waals surface area contributed by atoms with Gasteiger partial charge in [0.25, 0.3) is 0 Å². The van der Waals surface area contributed by atoms with E-state index >= 15 is 0 Å². The Hall–Kier alpha value is -1.46. The Morgan fingerprint density at radius 1 is 1.32 bits per heavy atom. The van der Waals surface area contributed by atoms with Crippen molar-refractivity contribution in [1.29, 1.82) is 0 Å². The van der Waals surface area contributed by atoms with E-state index in [1.165, 1.54) is 0 Å². The Morgan fingerprint density at radius 2 is 2.00 bits per heavy atom. The second-order valence-electron chi connectivity index (χ2n) is 5.23. The van der Waals surface area contributed by atoms with Crippen molar-refractivity contribution in [3.63, 3.8) is 0 Å². The van der Waals surface area contributed by atoms with Crippen LogP contribution in [0.2, 0.25) is 0 Å². The standard InChI is InChI=1S/C16H26N2O3.ClH/c1-5-8-21-14-7-6-13(10-15(14)20-4)12(3)18-16(19)9-11(2)17;/h6-7,10-12H,5,8-9,17H2,1-4H3,(H,18,19);1H. The molecule has 0 heterocycles. The van der Waals surface area contributed by atoms with Gasteiger partial charge in [0, 0.05) is 12.5 Å². The molecule has 22 heavy (non-hydrogen) atoms. The predicted molar refractivity (Wildman–Crippen MR) is 90.9 cm³/mol. The van der Waals surface area contributed by atoms with E-state index in [9.17, 15) is 4.79 Å². The Labute approximate surface area is 139 Å². The molecule has 126 valence electrons. The predicted octanol–water partition coefficient (Wildman–Crippen LogP) is 2.82. The summed E-state index contributed by atoms with van der Waals surface area (Å²) in [6, 6.07) is 5.45. The molecule has 0 bridgehead atoms. The zero-order valence-corrected chi connectivity index (χ0v) is 14.5. The molecule has 0 aliphatic carbocycles. The van der Waals surface area contributed by atoms with E-state index in [2.05, 4.69) is 12.2 Å². The average molecular weight is 331 g/mol. The molecule has 3 N–H and O–H groups in total. The van der Waals surface area contributed by atoms with Crippen molar-refractivity contribution in [3.05, 3.63) is 23.8 Å². The van der Waals surface area contributed by atoms with E-state index in [4.69, 9.17) is 15.2 Å². The van der Waals surface area contributed by atoms with E-state index in [1.807, 2.05) is 32.0 Å². The van der Waals surface area contributed by atoms with Crippen LogP contribution >= 0.6 is 12.4 Å². The van der Waals surface area contributed by atoms with Crippen LogP contribution < -0.4 is 20.5 Å². The molecule has 0 aliphatic heterocycles. The molecule has 0 fully saturated rings. The van der Waals surface area contributed by atoms with Crippen molar-refractivity contribution in [2.45, 2.75) is 45.7 Å². The van der Waals surface area contributed by atoms with Gasteiger partial charge in [0.1, 0.15) is 0 Å². The summed E-state index contributed by atoms with van der Waals surface area (Å²) in [5, 5.41) is 2.93. The average Bonchev–Trinajstić information content (AvgIpc) is 2.43. The second kappa shape index (κ2) is 10.3. The van der Waals surface area contributed by atoms with E-state index < -0.39 is 0 Å². The molecular formula is C16H27ClN2O3. The van der Waals surface area contributed by atoms with Crippen LogP contribution in [0.15, 0.2) is 18.2 Å². The van der Waals surface area contributed by atoms with Gasteiger partial charge in [-0.25, -0.2) is 0 Å². The molecule has 0 spiro atoms. The molecule has 0 radical (unpaired) electrons. The van der Waals surface area contributed by atoms with Crippen LogP contribution in [0.25, 0.3) is 0 Å². The number of methoxy groups -OCH3 is 1. The molecule has 1 rings (SSSR count). The van der Waals surface area contributed by atoms with Gasteiger partial charge in [0.2, 0.25) is 5.91 Å². The van der Waals surface area contributed by atoms with Crippen molar-refractivity contribution in [1.82, 2.24) is 5.32 Å². The molecule has 2 atom stereocenters. The number of rotatable bonds is 8. The first-order valence-electron chi connectivity index (χ1n) is 7.33. The summed E-state index contributed by atoms with van der Waals surface area (Å²) in [4.78, 5) is 11.8. The van der Waals surface area contributed by atoms with Crippen LogP contribution in [0.1, 0.15) is 45.2 Å². The Kier molecular flexibility index (Phi) is 9.61. The third kappa shape index (κ3) is 6.54. The normalized spacial score (nSPS) is 12.8. The highest BCUT2D eigenvalue weighted by Gasteiger charge is 2.13. The van der Waals surface area contributed by atoms with Gasteiger partial charge in [-0.1, -0.05) is 13.0 Å². The zero-order valence-electron chi connectivity index (χ0n) is 13.7. The molecule has 2 unspecified atom stereocenters. The number of hydrogen-bond donors (Lipinski definition) is 2. The van der Waals surface area contributed by atoms with Gasteiger partial charge in [-0.2, -0.15) is 0 Å². The summed E-state index contributed by atoms with van der Waals surface area (Å²) in [5.74, 6) is 1.34. The van der Waals surface area contributed by atoms with Gasteiger partial charge >= 0.3 is 0 Å². The maximum absolute atomic E-state index is 11.8. The second-order valence-corrected chi connectivity index (χ2v) is 5.23. The van der Waals surface area contributed by atoms with Crippen LogP contribution in [0.3, 0.4) is 0 Å². The number of nitrogens with two attached hydrogens (primary N) is 1. The maximum Gasteiger partial charge on any atom is 0.222 e. The summed E-state index contributed by atoms with van der Waals surface area (Å²) in [7, 11) is 1.61. The highest BCUT2D eigenvalue weighted by molar-refractivity contribution is 5.85. The number of hydrogen-bond acceptors (Lipinski definition) is 4. The monoisotopic (exact) mass is 330 g/mol. The topological polar surface area (TPSA) is 73.6 Å². The van der Waals surface area contributed by atoms with Crippen molar-refractivity contribution in [3.8, 4) is 11.5 Å². The SMILES string of the molecule is CCCOc1ccc(C(C)NC(=O)CC(C)N)cc1OC.Cl. The van der Waals surface area contributed by atoms with Gasteiger partial charge in [0.05, 0.1) is 19.8 Å². The van der Waals surface area contributed by atoms with Crippen LogP contribution in [0.5, 0.6) is 11.5 Å². The first-order chi connectivity index (χ1) is 9.97. The number of ether oxygens (including phenoxy) is 2. The first-order valence-corrected chi connectivity index (χ1v) is 7.33. The third-order valence-corrected chi connectivity index (χ3v) is 3.03. The van der Waals surface area contributed by atoms with Gasteiger partial charge < -0.3 is 20.5 Å². The third-order valence-electron chi connectivity index (χ3n) is 3.03. The van der Waals surface area contributed by atoms with Crippen LogP contribution in [-0.2, 0) is 4.79 Å². The fourth-order valence-electron chi connectivity index (χ4n) is 1.96. The number of carbonyl (C=O) groups is 1. The number of halogens is 1. The largest absolute Gasteiger partial charge is 0.493 e. The lowest BCUT2D eigenvalue weighted by Gasteiger charge is -2.17. The minimum absolute atomic E-state index is 0. The van der Waals surface area contributed by atoms with Crippen molar-refractivity contribution in [2.24, 2.45) is 5.73 Å². The van der Waals surface area contributed by atoms with E-state index in [0.29, 0.717) is 18.8 Å².